The molecule has 0 bridgehead atoms. The minimum Gasteiger partial charge on any atom is -0.275 e. The lowest BCUT2D eigenvalue weighted by Crippen LogP contribution is -2.63. The number of nitrogens with one attached hydrogen (secondary N) is 1. The largest absolute Gasteiger partial charge is 0.355 e. The van der Waals surface area contributed by atoms with Crippen molar-refractivity contribution in [1.29, 1.82) is 0 Å². The first kappa shape index (κ1) is 11.6. The Morgan fingerprint density at radius 2 is 1.80 bits per heavy atom. The summed E-state index contributed by atoms with van der Waals surface area (Å²) >= 11 is 0. The molecular weight excluding hydrogens is 200 g/mol. The smallest absolute Gasteiger partial charge is 0.275 e. The minimum absolute atomic E-state index is 0.335. The first-order chi connectivity index (χ1) is 7.03. The highest BCUT2D eigenvalue weighted by atomic mass is 16.7. The van der Waals surface area contributed by atoms with E-state index in [4.69, 9.17) is 0 Å². The zero-order chi connectivity index (χ0) is 11.6. The fourth-order valence-corrected chi connectivity index (χ4v) is 1.69. The Morgan fingerprint density at radius 1 is 1.27 bits per heavy atom. The van der Waals surface area contributed by atoms with Gasteiger partial charge in [0.25, 0.3) is 5.91 Å². The van der Waals surface area contributed by atoms with Crippen LogP contribution in [-0.2, 0) is 14.4 Å². The fraction of sp³-hybridized carbons (Fsp3) is 0.667. The Hall–Kier alpha value is -1.43. The van der Waals surface area contributed by atoms with Gasteiger partial charge >= 0.3 is 6.03 Å². The Bertz CT molecular complexity index is 309. The number of barbiturate groups is 1. The van der Waals surface area contributed by atoms with Crippen molar-refractivity contribution in [3.8, 4) is 0 Å². The van der Waals surface area contributed by atoms with Gasteiger partial charge in [0, 0.05) is 0 Å². The Labute approximate surface area is 87.5 Å². The SMILES string of the molecule is CCC1(CC)C(=O)NC(=O)N(OC)C1=O. The summed E-state index contributed by atoms with van der Waals surface area (Å²) in [7, 11) is 1.21. The molecule has 6 heteroatoms. The van der Waals surface area contributed by atoms with Gasteiger partial charge in [-0.25, -0.2) is 4.79 Å². The number of urea groups is 1. The number of hydroxylamine groups is 2. The summed E-state index contributed by atoms with van der Waals surface area (Å²) in [5, 5.41) is 2.70. The summed E-state index contributed by atoms with van der Waals surface area (Å²) in [5.41, 5.74) is -1.18. The molecule has 1 aliphatic heterocycles. The van der Waals surface area contributed by atoms with Gasteiger partial charge in [-0.1, -0.05) is 13.8 Å². The van der Waals surface area contributed by atoms with Crippen molar-refractivity contribution in [3.05, 3.63) is 0 Å². The van der Waals surface area contributed by atoms with Crippen molar-refractivity contribution in [2.45, 2.75) is 26.7 Å². The molecule has 0 aromatic carbocycles. The van der Waals surface area contributed by atoms with Gasteiger partial charge in [-0.05, 0) is 12.8 Å². The number of amides is 4. The van der Waals surface area contributed by atoms with Gasteiger partial charge in [-0.3, -0.25) is 19.7 Å². The lowest BCUT2D eigenvalue weighted by Gasteiger charge is -2.36. The predicted octanol–water partition coefficient (Wildman–Crippen LogP) is 0.433. The molecule has 0 unspecified atom stereocenters. The third kappa shape index (κ3) is 1.50. The summed E-state index contributed by atoms with van der Waals surface area (Å²) in [6, 6.07) is -0.829. The highest BCUT2D eigenvalue weighted by Gasteiger charge is 2.52. The quantitative estimate of drug-likeness (QED) is 0.691. The van der Waals surface area contributed by atoms with Crippen molar-refractivity contribution in [2.75, 3.05) is 7.11 Å². The standard InChI is InChI=1S/C9H14N2O4/c1-4-9(5-2)6(12)10-8(14)11(15-3)7(9)13/h4-5H2,1-3H3,(H,10,12,14). The molecule has 1 fully saturated rings. The van der Waals surface area contributed by atoms with E-state index >= 15 is 0 Å². The maximum atomic E-state index is 11.9. The molecule has 15 heavy (non-hydrogen) atoms. The lowest BCUT2D eigenvalue weighted by molar-refractivity contribution is -0.180. The highest BCUT2D eigenvalue weighted by molar-refractivity contribution is 6.18. The molecular formula is C9H14N2O4. The van der Waals surface area contributed by atoms with E-state index in [9.17, 15) is 14.4 Å². The van der Waals surface area contributed by atoms with Crippen molar-refractivity contribution in [1.82, 2.24) is 10.4 Å². The van der Waals surface area contributed by atoms with Crippen LogP contribution in [-0.4, -0.2) is 30.0 Å². The number of carbonyl (C=O) groups excluding carboxylic acids is 3. The molecule has 6 nitrogen and oxygen atoms in total. The first-order valence-electron chi connectivity index (χ1n) is 4.77. The van der Waals surface area contributed by atoms with E-state index < -0.39 is 23.3 Å². The molecule has 1 aliphatic rings. The van der Waals surface area contributed by atoms with Crippen LogP contribution in [0, 0.1) is 5.41 Å². The van der Waals surface area contributed by atoms with E-state index in [-0.39, 0.29) is 0 Å². The highest BCUT2D eigenvalue weighted by Crippen LogP contribution is 2.32. The molecule has 1 N–H and O–H groups in total. The topological polar surface area (TPSA) is 75.7 Å². The van der Waals surface area contributed by atoms with E-state index in [0.29, 0.717) is 17.9 Å². The van der Waals surface area contributed by atoms with E-state index in [1.54, 1.807) is 13.8 Å². The van der Waals surface area contributed by atoms with Gasteiger partial charge in [-0.15, -0.1) is 5.06 Å². The second-order valence-electron chi connectivity index (χ2n) is 3.33. The van der Waals surface area contributed by atoms with Crippen LogP contribution in [0.25, 0.3) is 0 Å². The molecule has 0 aliphatic carbocycles. The second-order valence-corrected chi connectivity index (χ2v) is 3.33. The van der Waals surface area contributed by atoms with Crippen LogP contribution in [0.1, 0.15) is 26.7 Å². The molecule has 1 rings (SSSR count). The summed E-state index contributed by atoms with van der Waals surface area (Å²) in [6.07, 6.45) is 0.669. The van der Waals surface area contributed by atoms with Gasteiger partial charge in [0.15, 0.2) is 0 Å². The van der Waals surface area contributed by atoms with Crippen LogP contribution in [0.2, 0.25) is 0 Å². The summed E-state index contributed by atoms with van der Waals surface area (Å²) in [4.78, 5) is 39.4. The van der Waals surface area contributed by atoms with E-state index in [1.807, 2.05) is 0 Å². The molecule has 0 aromatic heterocycles. The predicted molar refractivity (Wildman–Crippen MR) is 50.4 cm³/mol. The van der Waals surface area contributed by atoms with Crippen molar-refractivity contribution < 1.29 is 19.2 Å². The average molecular weight is 214 g/mol. The third-order valence-corrected chi connectivity index (χ3v) is 2.82. The maximum absolute atomic E-state index is 11.9. The molecule has 0 atom stereocenters. The first-order valence-corrected chi connectivity index (χ1v) is 4.77. The molecule has 84 valence electrons. The van der Waals surface area contributed by atoms with Crippen molar-refractivity contribution in [2.24, 2.45) is 5.41 Å². The van der Waals surface area contributed by atoms with Gasteiger partial charge in [0.05, 0.1) is 7.11 Å². The molecule has 0 aromatic rings. The van der Waals surface area contributed by atoms with Crippen molar-refractivity contribution in [3.63, 3.8) is 0 Å². The van der Waals surface area contributed by atoms with Crippen LogP contribution >= 0.6 is 0 Å². The van der Waals surface area contributed by atoms with Crippen LogP contribution in [0.15, 0.2) is 0 Å². The number of carbonyl (C=O) groups is 3. The van der Waals surface area contributed by atoms with Crippen LogP contribution < -0.4 is 5.32 Å². The molecule has 0 saturated carbocycles. The van der Waals surface area contributed by atoms with Crippen LogP contribution in [0.4, 0.5) is 4.79 Å². The van der Waals surface area contributed by atoms with E-state index in [0.717, 1.165) is 0 Å². The second kappa shape index (κ2) is 3.98. The molecule has 4 amide bonds. The summed E-state index contributed by atoms with van der Waals surface area (Å²) in [5.74, 6) is -1.14. The van der Waals surface area contributed by atoms with Gasteiger partial charge in [-0.2, -0.15) is 0 Å². The van der Waals surface area contributed by atoms with E-state index in [2.05, 4.69) is 10.2 Å². The number of hydrogen-bond donors (Lipinski definition) is 1. The number of rotatable bonds is 3. The Balaban J connectivity index is 3.12. The maximum Gasteiger partial charge on any atom is 0.355 e. The number of imide groups is 2. The fourth-order valence-electron chi connectivity index (χ4n) is 1.69. The molecule has 0 radical (unpaired) electrons. The number of nitrogens with zero attached hydrogens (tertiary/aromatic N) is 1. The van der Waals surface area contributed by atoms with Gasteiger partial charge in [0.2, 0.25) is 5.91 Å². The normalized spacial score (nSPS) is 20.5. The van der Waals surface area contributed by atoms with E-state index in [1.165, 1.54) is 7.11 Å². The van der Waals surface area contributed by atoms with Crippen LogP contribution in [0.5, 0.6) is 0 Å². The van der Waals surface area contributed by atoms with Crippen LogP contribution in [0.3, 0.4) is 0 Å². The van der Waals surface area contributed by atoms with Gasteiger partial charge in [0.1, 0.15) is 5.41 Å². The Morgan fingerprint density at radius 3 is 2.20 bits per heavy atom. The average Bonchev–Trinajstić information content (AvgIpc) is 2.20. The number of hydrogen-bond acceptors (Lipinski definition) is 4. The zero-order valence-electron chi connectivity index (χ0n) is 8.99. The third-order valence-electron chi connectivity index (χ3n) is 2.82. The molecule has 1 heterocycles. The lowest BCUT2D eigenvalue weighted by atomic mass is 9.79. The zero-order valence-corrected chi connectivity index (χ0v) is 8.99. The Kier molecular flexibility index (Phi) is 3.09. The summed E-state index contributed by atoms with van der Waals surface area (Å²) in [6.45, 7) is 3.45. The summed E-state index contributed by atoms with van der Waals surface area (Å²) < 4.78 is 0. The monoisotopic (exact) mass is 214 g/mol. The van der Waals surface area contributed by atoms with Crippen molar-refractivity contribution >= 4 is 17.8 Å². The molecule has 1 saturated heterocycles. The van der Waals surface area contributed by atoms with Gasteiger partial charge < -0.3 is 0 Å². The molecule has 0 spiro atoms. The minimum atomic E-state index is -1.18.